The number of carboxylic acids is 2. The molecule has 1 aromatic heterocycles. The molecular weight excluding hydrogens is 525 g/mol. The molecule has 9 nitrogen and oxygen atoms in total. The first-order valence-corrected chi connectivity index (χ1v) is 10.9. The van der Waals surface area contributed by atoms with Crippen LogP contribution < -0.4 is 4.74 Å². The van der Waals surface area contributed by atoms with Crippen molar-refractivity contribution >= 4 is 11.9 Å². The van der Waals surface area contributed by atoms with E-state index in [-0.39, 0.29) is 11.5 Å². The Hall–Kier alpha value is -2.72. The van der Waals surface area contributed by atoms with Crippen molar-refractivity contribution in [3.8, 4) is 5.88 Å². The van der Waals surface area contributed by atoms with Crippen molar-refractivity contribution < 1.29 is 64.7 Å². The van der Waals surface area contributed by atoms with Gasteiger partial charge in [-0.2, -0.15) is 26.3 Å². The first-order chi connectivity index (χ1) is 17.2. The van der Waals surface area contributed by atoms with Gasteiger partial charge in [0, 0.05) is 51.1 Å². The summed E-state index contributed by atoms with van der Waals surface area (Å²) in [5.41, 5.74) is -0.108. The van der Waals surface area contributed by atoms with E-state index in [0.29, 0.717) is 18.6 Å². The van der Waals surface area contributed by atoms with Crippen LogP contribution in [-0.2, 0) is 19.1 Å². The maximum absolute atomic E-state index is 13.6. The molecule has 3 aliphatic rings. The Balaban J connectivity index is 0.000000286. The number of aromatic nitrogens is 1. The Morgan fingerprint density at radius 1 is 1.03 bits per heavy atom. The average Bonchev–Trinajstić information content (AvgIpc) is 3.22. The van der Waals surface area contributed by atoms with E-state index in [9.17, 15) is 30.7 Å². The second-order valence-corrected chi connectivity index (χ2v) is 8.35. The average molecular weight is 550 g/mol. The lowest BCUT2D eigenvalue weighted by Gasteiger charge is -2.53. The molecule has 4 rings (SSSR count). The molecule has 0 saturated carbocycles. The fraction of sp³-hybridized carbons (Fsp3) is 0.667. The minimum absolute atomic E-state index is 0.0927. The van der Waals surface area contributed by atoms with Gasteiger partial charge in [0.1, 0.15) is 0 Å². The lowest BCUT2D eigenvalue weighted by Crippen LogP contribution is -2.68. The Morgan fingerprint density at radius 2 is 1.57 bits per heavy atom. The molecule has 1 spiro atoms. The van der Waals surface area contributed by atoms with Crippen molar-refractivity contribution in [2.45, 2.75) is 43.3 Å². The van der Waals surface area contributed by atoms with Crippen molar-refractivity contribution in [3.05, 3.63) is 24.1 Å². The summed E-state index contributed by atoms with van der Waals surface area (Å²) in [6.07, 6.45) is -5.43. The van der Waals surface area contributed by atoms with Gasteiger partial charge >= 0.3 is 24.3 Å². The summed E-state index contributed by atoms with van der Waals surface area (Å²) >= 11 is 0. The summed E-state index contributed by atoms with van der Waals surface area (Å²) in [4.78, 5) is 24.3. The van der Waals surface area contributed by atoms with Gasteiger partial charge in [-0.25, -0.2) is 19.0 Å². The number of nitrogens with zero attached hydrogens (tertiary/aromatic N) is 2. The zero-order chi connectivity index (χ0) is 27.9. The van der Waals surface area contributed by atoms with Crippen molar-refractivity contribution in [1.29, 1.82) is 0 Å². The van der Waals surface area contributed by atoms with Gasteiger partial charge in [0.15, 0.2) is 5.82 Å². The van der Waals surface area contributed by atoms with Crippen LogP contribution in [0.2, 0.25) is 0 Å². The fourth-order valence-corrected chi connectivity index (χ4v) is 3.98. The normalized spacial score (nSPS) is 21.6. The van der Waals surface area contributed by atoms with E-state index in [4.69, 9.17) is 34.0 Å². The van der Waals surface area contributed by atoms with Crippen LogP contribution in [-0.4, -0.2) is 95.5 Å². The second kappa shape index (κ2) is 12.7. The third-order valence-corrected chi connectivity index (χ3v) is 5.88. The fourth-order valence-electron chi connectivity index (χ4n) is 3.98. The van der Waals surface area contributed by atoms with Gasteiger partial charge in [-0.05, 0) is 31.4 Å². The zero-order valence-corrected chi connectivity index (χ0v) is 19.2. The van der Waals surface area contributed by atoms with Crippen LogP contribution in [0.1, 0.15) is 19.3 Å². The Morgan fingerprint density at radius 3 is 2.05 bits per heavy atom. The third-order valence-electron chi connectivity index (χ3n) is 5.88. The first-order valence-electron chi connectivity index (χ1n) is 10.9. The molecule has 0 amide bonds. The molecule has 0 bridgehead atoms. The number of aliphatic carboxylic acids is 2. The number of hydrogen-bond donors (Lipinski definition) is 2. The number of carbonyl (C=O) groups is 2. The number of alkyl halides is 6. The van der Waals surface area contributed by atoms with Gasteiger partial charge in [0.2, 0.25) is 5.88 Å². The van der Waals surface area contributed by atoms with Crippen molar-refractivity contribution in [3.63, 3.8) is 0 Å². The lowest BCUT2D eigenvalue weighted by atomic mass is 9.79. The number of halogens is 7. The molecule has 1 unspecified atom stereocenters. The largest absolute Gasteiger partial charge is 0.490 e. The van der Waals surface area contributed by atoms with Gasteiger partial charge in [-0.15, -0.1) is 0 Å². The van der Waals surface area contributed by atoms with Crippen LogP contribution in [0.15, 0.2) is 18.3 Å². The maximum Gasteiger partial charge on any atom is 0.490 e. The second-order valence-electron chi connectivity index (χ2n) is 8.35. The number of rotatable bonds is 4. The molecule has 3 fully saturated rings. The Kier molecular flexibility index (Phi) is 10.5. The summed E-state index contributed by atoms with van der Waals surface area (Å²) in [6, 6.07) is 3.56. The van der Waals surface area contributed by atoms with Crippen LogP contribution in [0, 0.1) is 11.7 Å². The minimum Gasteiger partial charge on any atom is -0.475 e. The smallest absolute Gasteiger partial charge is 0.475 e. The summed E-state index contributed by atoms with van der Waals surface area (Å²) in [5.74, 6) is -5.52. The van der Waals surface area contributed by atoms with Crippen LogP contribution in [0.4, 0.5) is 30.7 Å². The van der Waals surface area contributed by atoms with Crippen LogP contribution in [0.25, 0.3) is 0 Å². The number of carboxylic acid groups (broad SMARTS) is 2. The summed E-state index contributed by atoms with van der Waals surface area (Å²) in [5, 5.41) is 14.2. The van der Waals surface area contributed by atoms with E-state index in [2.05, 4.69) is 9.88 Å². The first kappa shape index (κ1) is 30.5. The highest BCUT2D eigenvalue weighted by molar-refractivity contribution is 5.73. The van der Waals surface area contributed by atoms with Crippen molar-refractivity contribution in [2.75, 3.05) is 39.5 Å². The summed E-state index contributed by atoms with van der Waals surface area (Å²) < 4.78 is 94.2. The molecule has 2 N–H and O–H groups in total. The summed E-state index contributed by atoms with van der Waals surface area (Å²) in [7, 11) is 0. The van der Waals surface area contributed by atoms with E-state index >= 15 is 0 Å². The molecule has 0 aliphatic carbocycles. The summed E-state index contributed by atoms with van der Waals surface area (Å²) in [6.45, 7) is 4.86. The predicted molar refractivity (Wildman–Crippen MR) is 109 cm³/mol. The number of likely N-dealkylation sites (tertiary alicyclic amines) is 1. The van der Waals surface area contributed by atoms with E-state index in [1.165, 1.54) is 6.07 Å². The monoisotopic (exact) mass is 550 g/mol. The maximum atomic E-state index is 13.6. The van der Waals surface area contributed by atoms with Gasteiger partial charge in [-0.3, -0.25) is 4.90 Å². The van der Waals surface area contributed by atoms with Gasteiger partial charge in [-0.1, -0.05) is 0 Å². The predicted octanol–water partition coefficient (Wildman–Crippen LogP) is 3.14. The molecule has 1 atom stereocenters. The SMILES string of the molecule is Fc1cccnc1OCC1CCOC12CN(C1CCOCC1)C2.O=C(O)C(F)(F)F.O=C(O)C(F)(F)F. The standard InChI is InChI=1S/C17H23FN2O3.2C2HF3O2/c18-15-2-1-6-19-16(15)22-10-13-3-9-23-17(13)11-20(12-17)14-4-7-21-8-5-14;2*3-2(4,5)1(6)7/h1-2,6,13-14H,3-5,7-12H2;2*(H,6,7). The lowest BCUT2D eigenvalue weighted by molar-refractivity contribution is -0.193. The van der Waals surface area contributed by atoms with E-state index in [1.807, 2.05) is 0 Å². The van der Waals surface area contributed by atoms with Gasteiger partial charge < -0.3 is 24.4 Å². The molecule has 0 radical (unpaired) electrons. The molecule has 0 aromatic carbocycles. The highest BCUT2D eigenvalue weighted by atomic mass is 19.4. The molecular formula is C21H25F7N2O7. The Bertz CT molecular complexity index is 878. The third kappa shape index (κ3) is 8.96. The van der Waals surface area contributed by atoms with E-state index in [0.717, 1.165) is 52.2 Å². The van der Waals surface area contributed by atoms with E-state index in [1.54, 1.807) is 12.3 Å². The minimum atomic E-state index is -5.08. The van der Waals surface area contributed by atoms with Crippen molar-refractivity contribution in [2.24, 2.45) is 5.92 Å². The van der Waals surface area contributed by atoms with E-state index < -0.39 is 30.1 Å². The quantitative estimate of drug-likeness (QED) is 0.545. The van der Waals surface area contributed by atoms with Crippen molar-refractivity contribution in [1.82, 2.24) is 9.88 Å². The molecule has 4 heterocycles. The van der Waals surface area contributed by atoms with Crippen LogP contribution in [0.5, 0.6) is 5.88 Å². The highest BCUT2D eigenvalue weighted by Crippen LogP contribution is 2.42. The topological polar surface area (TPSA) is 118 Å². The van der Waals surface area contributed by atoms with Crippen LogP contribution >= 0.6 is 0 Å². The Labute approximate surface area is 206 Å². The van der Waals surface area contributed by atoms with Gasteiger partial charge in [0.05, 0.1) is 12.2 Å². The number of ether oxygens (including phenoxy) is 3. The molecule has 37 heavy (non-hydrogen) atoms. The molecule has 16 heteroatoms. The molecule has 210 valence electrons. The molecule has 3 aliphatic heterocycles. The van der Waals surface area contributed by atoms with Crippen LogP contribution in [0.3, 0.4) is 0 Å². The molecule has 3 saturated heterocycles. The molecule has 1 aromatic rings. The number of pyridine rings is 1. The zero-order valence-electron chi connectivity index (χ0n) is 19.2. The van der Waals surface area contributed by atoms with Gasteiger partial charge in [0.25, 0.3) is 0 Å². The number of hydrogen-bond acceptors (Lipinski definition) is 7. The highest BCUT2D eigenvalue weighted by Gasteiger charge is 2.54.